The Bertz CT molecular complexity index is 665. The van der Waals surface area contributed by atoms with Crippen molar-refractivity contribution in [2.75, 3.05) is 9.38 Å². The van der Waals surface area contributed by atoms with Gasteiger partial charge >= 0.3 is 0 Å². The molecule has 1 aliphatic rings. The molecule has 3 rings (SSSR count). The molecule has 17 heavy (non-hydrogen) atoms. The number of alkyl halides is 1. The van der Waals surface area contributed by atoms with E-state index in [1.165, 1.54) is 0 Å². The Morgan fingerprint density at radius 2 is 2.18 bits per heavy atom. The number of hydrogen-bond donors (Lipinski definition) is 1. The summed E-state index contributed by atoms with van der Waals surface area (Å²) in [6, 6.07) is 7.30. The van der Waals surface area contributed by atoms with Gasteiger partial charge in [0.25, 0.3) is 0 Å². The quantitative estimate of drug-likeness (QED) is 0.650. The molecular formula is C12H9BrNO2S+. The fourth-order valence-corrected chi connectivity index (χ4v) is 3.49. The number of halogens is 1. The molecule has 1 aromatic heterocycles. The summed E-state index contributed by atoms with van der Waals surface area (Å²) in [5.74, 6) is 0.610. The number of para-hydroxylation sites is 1. The van der Waals surface area contributed by atoms with Crippen molar-refractivity contribution < 1.29 is 4.42 Å². The van der Waals surface area contributed by atoms with E-state index in [2.05, 4.69) is 20.7 Å². The molecule has 0 radical (unpaired) electrons. The van der Waals surface area contributed by atoms with Crippen LogP contribution in [0.25, 0.3) is 17.0 Å². The number of benzene rings is 1. The second-order valence-electron chi connectivity index (χ2n) is 3.61. The molecule has 86 valence electrons. The SMILES string of the molecule is O=c1c2c(oc3ccccc13)C=C[S+](CBr)N2. The molecule has 1 unspecified atom stereocenters. The highest BCUT2D eigenvalue weighted by atomic mass is 79.9. The molecule has 1 N–H and O–H groups in total. The summed E-state index contributed by atoms with van der Waals surface area (Å²) >= 11 is 3.26. The molecule has 0 fully saturated rings. The summed E-state index contributed by atoms with van der Waals surface area (Å²) in [4.78, 5) is 12.3. The molecule has 1 aliphatic heterocycles. The number of hydrogen-bond acceptors (Lipinski definition) is 3. The Morgan fingerprint density at radius 3 is 3.00 bits per heavy atom. The zero-order valence-electron chi connectivity index (χ0n) is 8.77. The summed E-state index contributed by atoms with van der Waals surface area (Å²) in [5.41, 5.74) is 1.20. The third-order valence-electron chi connectivity index (χ3n) is 2.56. The van der Waals surface area contributed by atoms with Gasteiger partial charge < -0.3 is 4.42 Å². The second kappa shape index (κ2) is 4.23. The van der Waals surface area contributed by atoms with E-state index in [1.54, 1.807) is 6.07 Å². The number of anilines is 1. The molecule has 1 aromatic carbocycles. The van der Waals surface area contributed by atoms with Gasteiger partial charge in [-0.3, -0.25) is 4.79 Å². The van der Waals surface area contributed by atoms with Gasteiger partial charge in [-0.1, -0.05) is 12.1 Å². The lowest BCUT2D eigenvalue weighted by atomic mass is 10.2. The summed E-state index contributed by atoms with van der Waals surface area (Å²) in [7, 11) is 0. The molecule has 3 nitrogen and oxygen atoms in total. The van der Waals surface area contributed by atoms with Crippen LogP contribution in [-0.2, 0) is 11.1 Å². The summed E-state index contributed by atoms with van der Waals surface area (Å²) in [6.07, 6.45) is 1.87. The van der Waals surface area contributed by atoms with Crippen molar-refractivity contribution in [2.24, 2.45) is 0 Å². The van der Waals surface area contributed by atoms with Gasteiger partial charge in [-0.2, -0.15) is 4.72 Å². The molecular weight excluding hydrogens is 302 g/mol. The molecule has 0 saturated carbocycles. The molecule has 0 aliphatic carbocycles. The van der Waals surface area contributed by atoms with Crippen LogP contribution in [0.15, 0.2) is 38.9 Å². The maximum atomic E-state index is 12.3. The topological polar surface area (TPSA) is 42.2 Å². The predicted octanol–water partition coefficient (Wildman–Crippen LogP) is 3.07. The highest BCUT2D eigenvalue weighted by molar-refractivity contribution is 9.10. The van der Waals surface area contributed by atoms with Crippen molar-refractivity contribution in [1.82, 2.24) is 0 Å². The van der Waals surface area contributed by atoms with Gasteiger partial charge in [0.2, 0.25) is 5.43 Å². The van der Waals surface area contributed by atoms with Crippen LogP contribution in [0.5, 0.6) is 0 Å². The minimum atomic E-state index is -0.140. The third kappa shape index (κ3) is 1.79. The van der Waals surface area contributed by atoms with E-state index in [-0.39, 0.29) is 16.5 Å². The van der Waals surface area contributed by atoms with E-state index in [4.69, 9.17) is 4.42 Å². The lowest BCUT2D eigenvalue weighted by Gasteiger charge is -2.11. The normalized spacial score (nSPS) is 17.8. The van der Waals surface area contributed by atoms with Gasteiger partial charge in [-0.15, -0.1) is 0 Å². The third-order valence-corrected chi connectivity index (χ3v) is 5.21. The van der Waals surface area contributed by atoms with E-state index < -0.39 is 0 Å². The summed E-state index contributed by atoms with van der Waals surface area (Å²) in [5, 5.41) is 2.63. The fourth-order valence-electron chi connectivity index (χ4n) is 1.75. The van der Waals surface area contributed by atoms with Crippen molar-refractivity contribution in [1.29, 1.82) is 0 Å². The predicted molar refractivity (Wildman–Crippen MR) is 76.3 cm³/mol. The molecule has 1 atom stereocenters. The first-order chi connectivity index (χ1) is 8.29. The van der Waals surface area contributed by atoms with Crippen LogP contribution in [0.1, 0.15) is 5.76 Å². The Kier molecular flexibility index (Phi) is 2.72. The highest BCUT2D eigenvalue weighted by Crippen LogP contribution is 2.26. The van der Waals surface area contributed by atoms with Crippen molar-refractivity contribution in [2.45, 2.75) is 0 Å². The van der Waals surface area contributed by atoms with E-state index in [9.17, 15) is 4.79 Å². The van der Waals surface area contributed by atoms with E-state index in [1.807, 2.05) is 29.7 Å². The zero-order chi connectivity index (χ0) is 11.8. The smallest absolute Gasteiger partial charge is 0.220 e. The lowest BCUT2D eigenvalue weighted by molar-refractivity contribution is 0.593. The van der Waals surface area contributed by atoms with Gasteiger partial charge in [0.1, 0.15) is 16.7 Å². The number of rotatable bonds is 1. The minimum absolute atomic E-state index is 0.00431. The summed E-state index contributed by atoms with van der Waals surface area (Å²) < 4.78 is 9.68. The van der Waals surface area contributed by atoms with Crippen molar-refractivity contribution in [3.63, 3.8) is 0 Å². The van der Waals surface area contributed by atoms with Crippen molar-refractivity contribution in [3.05, 3.63) is 45.7 Å². The van der Waals surface area contributed by atoms with Crippen LogP contribution in [-0.4, -0.2) is 4.66 Å². The first kappa shape index (κ1) is 10.9. The van der Waals surface area contributed by atoms with Gasteiger partial charge in [0, 0.05) is 6.08 Å². The lowest BCUT2D eigenvalue weighted by Crippen LogP contribution is -2.21. The van der Waals surface area contributed by atoms with Crippen LogP contribution in [0, 0.1) is 0 Å². The van der Waals surface area contributed by atoms with Crippen LogP contribution < -0.4 is 10.2 Å². The first-order valence-corrected chi connectivity index (χ1v) is 7.64. The monoisotopic (exact) mass is 310 g/mol. The Balaban J connectivity index is 2.29. The molecule has 0 spiro atoms. The zero-order valence-corrected chi connectivity index (χ0v) is 11.2. The average molecular weight is 311 g/mol. The largest absolute Gasteiger partial charge is 0.454 e. The standard InChI is InChI=1S/C12H9BrNO2S/c13-7-17-6-5-10-11(14-17)12(15)8-3-1-2-4-9(8)16-10/h1-6,14H,7H2/q+1. The van der Waals surface area contributed by atoms with Crippen LogP contribution >= 0.6 is 15.9 Å². The molecule has 0 saturated heterocycles. The van der Waals surface area contributed by atoms with Gasteiger partial charge in [-0.25, -0.2) is 0 Å². The van der Waals surface area contributed by atoms with Gasteiger partial charge in [-0.05, 0) is 28.1 Å². The maximum Gasteiger partial charge on any atom is 0.220 e. The Hall–Kier alpha value is -1.20. The average Bonchev–Trinajstić information content (AvgIpc) is 2.39. The van der Waals surface area contributed by atoms with Crippen LogP contribution in [0.4, 0.5) is 5.69 Å². The van der Waals surface area contributed by atoms with Gasteiger partial charge in [0.05, 0.1) is 5.39 Å². The Labute approximate surface area is 109 Å². The first-order valence-electron chi connectivity index (χ1n) is 5.06. The molecule has 5 heteroatoms. The van der Waals surface area contributed by atoms with E-state index >= 15 is 0 Å². The van der Waals surface area contributed by atoms with Crippen molar-refractivity contribution >= 4 is 49.7 Å². The number of fused-ring (bicyclic) bond motifs is 2. The summed E-state index contributed by atoms with van der Waals surface area (Å²) in [6.45, 7) is 0. The number of nitrogens with one attached hydrogen (secondary N) is 1. The second-order valence-corrected chi connectivity index (χ2v) is 6.54. The van der Waals surface area contributed by atoms with Gasteiger partial charge in [0.15, 0.2) is 21.5 Å². The Morgan fingerprint density at radius 1 is 1.35 bits per heavy atom. The van der Waals surface area contributed by atoms with Crippen molar-refractivity contribution in [3.8, 4) is 0 Å². The highest BCUT2D eigenvalue weighted by Gasteiger charge is 2.25. The molecule has 2 aromatic rings. The van der Waals surface area contributed by atoms with E-state index in [0.717, 1.165) is 4.66 Å². The molecule has 0 amide bonds. The van der Waals surface area contributed by atoms with E-state index in [0.29, 0.717) is 22.4 Å². The van der Waals surface area contributed by atoms with Crippen LogP contribution in [0.3, 0.4) is 0 Å². The van der Waals surface area contributed by atoms with Crippen LogP contribution in [0.2, 0.25) is 0 Å². The minimum Gasteiger partial charge on any atom is -0.454 e. The molecule has 2 heterocycles. The maximum absolute atomic E-state index is 12.3. The molecule has 0 bridgehead atoms. The fraction of sp³-hybridized carbons (Fsp3) is 0.0833.